The van der Waals surface area contributed by atoms with Crippen molar-refractivity contribution < 1.29 is 17.9 Å². The monoisotopic (exact) mass is 253 g/mol. The van der Waals surface area contributed by atoms with Crippen molar-refractivity contribution in [1.82, 2.24) is 0 Å². The third-order valence-electron chi connectivity index (χ3n) is 2.10. The smallest absolute Gasteiger partial charge is 0.209 e. The van der Waals surface area contributed by atoms with E-state index in [0.717, 1.165) is 45.5 Å². The normalized spacial score (nSPS) is 11.9. The van der Waals surface area contributed by atoms with Gasteiger partial charge in [-0.3, -0.25) is 0 Å². The maximum atomic E-state index is 10.6. The molecule has 0 aliphatic carbocycles. The van der Waals surface area contributed by atoms with Crippen LogP contribution in [0.15, 0.2) is 0 Å². The fourth-order valence-corrected chi connectivity index (χ4v) is 1.87. The number of hydrogen-bond donors (Lipinski definition) is 1. The molecule has 0 rings (SSSR count). The van der Waals surface area contributed by atoms with Crippen LogP contribution >= 0.6 is 0 Å². The lowest BCUT2D eigenvalue weighted by molar-refractivity contribution is 0.100. The Morgan fingerprint density at radius 2 is 1.56 bits per heavy atom. The molecule has 0 aromatic heterocycles. The van der Waals surface area contributed by atoms with Gasteiger partial charge in [0.15, 0.2) is 0 Å². The molecule has 6 heteroatoms. The first-order valence-corrected chi connectivity index (χ1v) is 7.35. The van der Waals surface area contributed by atoms with Gasteiger partial charge in [0, 0.05) is 26.9 Å². The van der Waals surface area contributed by atoms with E-state index in [1.165, 1.54) is 0 Å². The number of sulfonamides is 1. The molecule has 0 aromatic rings. The van der Waals surface area contributed by atoms with Crippen LogP contribution in [-0.4, -0.2) is 41.1 Å². The Morgan fingerprint density at radius 3 is 2.19 bits per heavy atom. The number of unbranched alkanes of at least 4 members (excludes halogenated alkanes) is 3. The predicted octanol–water partition coefficient (Wildman–Crippen LogP) is 0.888. The Hall–Kier alpha value is -0.170. The van der Waals surface area contributed by atoms with Gasteiger partial charge in [0.05, 0.1) is 5.75 Å². The standard InChI is InChI=1S/C10H23NO4S/c1-14-7-6-9-15-8-4-2-3-5-10-16(11,12)13/h2-10H2,1H3,(H2,11,12,13). The molecule has 0 radical (unpaired) electrons. The summed E-state index contributed by atoms with van der Waals surface area (Å²) < 4.78 is 31.5. The summed E-state index contributed by atoms with van der Waals surface area (Å²) in [6.07, 6.45) is 4.40. The van der Waals surface area contributed by atoms with E-state index in [9.17, 15) is 8.42 Å². The molecule has 0 spiro atoms. The van der Waals surface area contributed by atoms with Crippen LogP contribution < -0.4 is 5.14 Å². The number of methoxy groups -OCH3 is 1. The number of ether oxygens (including phenoxy) is 2. The second kappa shape index (κ2) is 10.0. The molecular weight excluding hydrogens is 230 g/mol. The van der Waals surface area contributed by atoms with Crippen molar-refractivity contribution in [2.24, 2.45) is 5.14 Å². The molecule has 16 heavy (non-hydrogen) atoms. The van der Waals surface area contributed by atoms with Crippen molar-refractivity contribution >= 4 is 10.0 Å². The van der Waals surface area contributed by atoms with Gasteiger partial charge < -0.3 is 9.47 Å². The largest absolute Gasteiger partial charge is 0.385 e. The SMILES string of the molecule is COCCCOCCCCCCS(N)(=O)=O. The predicted molar refractivity (Wildman–Crippen MR) is 63.8 cm³/mol. The van der Waals surface area contributed by atoms with Crippen LogP contribution in [0.3, 0.4) is 0 Å². The molecule has 0 heterocycles. The fraction of sp³-hybridized carbons (Fsp3) is 1.00. The number of rotatable bonds is 11. The molecule has 0 atom stereocenters. The molecule has 5 nitrogen and oxygen atoms in total. The van der Waals surface area contributed by atoms with Crippen LogP contribution in [0.1, 0.15) is 32.1 Å². The first-order chi connectivity index (χ1) is 7.56. The number of hydrogen-bond acceptors (Lipinski definition) is 4. The van der Waals surface area contributed by atoms with Gasteiger partial charge >= 0.3 is 0 Å². The van der Waals surface area contributed by atoms with Gasteiger partial charge in [-0.15, -0.1) is 0 Å². The van der Waals surface area contributed by atoms with Crippen LogP contribution in [0.5, 0.6) is 0 Å². The first kappa shape index (κ1) is 15.8. The van der Waals surface area contributed by atoms with E-state index in [1.807, 2.05) is 0 Å². The summed E-state index contributed by atoms with van der Waals surface area (Å²) in [6, 6.07) is 0. The summed E-state index contributed by atoms with van der Waals surface area (Å²) in [5, 5.41) is 4.88. The highest BCUT2D eigenvalue weighted by Gasteiger charge is 2.01. The molecule has 0 saturated carbocycles. The second-order valence-electron chi connectivity index (χ2n) is 3.74. The molecule has 2 N–H and O–H groups in total. The molecule has 0 bridgehead atoms. The zero-order chi connectivity index (χ0) is 12.3. The van der Waals surface area contributed by atoms with Crippen molar-refractivity contribution in [2.75, 3.05) is 32.7 Å². The highest BCUT2D eigenvalue weighted by molar-refractivity contribution is 7.89. The minimum atomic E-state index is -3.28. The van der Waals surface area contributed by atoms with Gasteiger partial charge in [-0.2, -0.15) is 0 Å². The molecule has 0 fully saturated rings. The quantitative estimate of drug-likeness (QED) is 0.555. The highest BCUT2D eigenvalue weighted by atomic mass is 32.2. The molecule has 0 saturated heterocycles. The number of primary sulfonamides is 1. The molecule has 0 aromatic carbocycles. The van der Waals surface area contributed by atoms with Crippen LogP contribution in [-0.2, 0) is 19.5 Å². The lowest BCUT2D eigenvalue weighted by Gasteiger charge is -2.03. The van der Waals surface area contributed by atoms with E-state index in [1.54, 1.807) is 7.11 Å². The summed E-state index contributed by atoms with van der Waals surface area (Å²) in [6.45, 7) is 2.19. The Balaban J connectivity index is 3.05. The van der Waals surface area contributed by atoms with E-state index >= 15 is 0 Å². The maximum Gasteiger partial charge on any atom is 0.209 e. The lowest BCUT2D eigenvalue weighted by atomic mass is 10.2. The van der Waals surface area contributed by atoms with Crippen LogP contribution in [0.2, 0.25) is 0 Å². The zero-order valence-electron chi connectivity index (χ0n) is 9.98. The van der Waals surface area contributed by atoms with Crippen molar-refractivity contribution in [3.8, 4) is 0 Å². The van der Waals surface area contributed by atoms with Gasteiger partial charge in [0.25, 0.3) is 0 Å². The second-order valence-corrected chi connectivity index (χ2v) is 5.47. The summed E-state index contributed by atoms with van der Waals surface area (Å²) >= 11 is 0. The van der Waals surface area contributed by atoms with Crippen LogP contribution in [0.25, 0.3) is 0 Å². The van der Waals surface area contributed by atoms with Gasteiger partial charge in [-0.1, -0.05) is 12.8 Å². The average Bonchev–Trinajstić information content (AvgIpc) is 2.19. The van der Waals surface area contributed by atoms with Crippen molar-refractivity contribution in [3.63, 3.8) is 0 Å². The van der Waals surface area contributed by atoms with Crippen molar-refractivity contribution in [2.45, 2.75) is 32.1 Å². The zero-order valence-corrected chi connectivity index (χ0v) is 10.8. The third kappa shape index (κ3) is 13.8. The Morgan fingerprint density at radius 1 is 0.938 bits per heavy atom. The van der Waals surface area contributed by atoms with Gasteiger partial charge in [-0.05, 0) is 19.3 Å². The van der Waals surface area contributed by atoms with Crippen LogP contribution in [0.4, 0.5) is 0 Å². The summed E-state index contributed by atoms with van der Waals surface area (Å²) in [4.78, 5) is 0. The summed E-state index contributed by atoms with van der Waals surface area (Å²) in [7, 11) is -1.60. The summed E-state index contributed by atoms with van der Waals surface area (Å²) in [5.41, 5.74) is 0. The first-order valence-electron chi connectivity index (χ1n) is 5.63. The van der Waals surface area contributed by atoms with E-state index in [2.05, 4.69) is 0 Å². The van der Waals surface area contributed by atoms with E-state index < -0.39 is 10.0 Å². The highest BCUT2D eigenvalue weighted by Crippen LogP contribution is 2.01. The van der Waals surface area contributed by atoms with E-state index in [-0.39, 0.29) is 5.75 Å². The molecule has 0 aliphatic heterocycles. The third-order valence-corrected chi connectivity index (χ3v) is 2.96. The Kier molecular flexibility index (Phi) is 9.91. The molecule has 98 valence electrons. The molecular formula is C10H23NO4S. The summed E-state index contributed by atoms with van der Waals surface area (Å²) in [5.74, 6) is 0.0850. The van der Waals surface area contributed by atoms with Crippen molar-refractivity contribution in [1.29, 1.82) is 0 Å². The Labute approximate surface area is 98.4 Å². The topological polar surface area (TPSA) is 78.6 Å². The molecule has 0 amide bonds. The lowest BCUT2D eigenvalue weighted by Crippen LogP contribution is -2.16. The van der Waals surface area contributed by atoms with Gasteiger partial charge in [0.2, 0.25) is 10.0 Å². The average molecular weight is 253 g/mol. The fourth-order valence-electron chi connectivity index (χ4n) is 1.27. The molecule has 0 aliphatic rings. The Bertz CT molecular complexity index is 241. The minimum Gasteiger partial charge on any atom is -0.385 e. The van der Waals surface area contributed by atoms with Crippen LogP contribution in [0, 0.1) is 0 Å². The molecule has 0 unspecified atom stereocenters. The number of nitrogens with two attached hydrogens (primary N) is 1. The van der Waals surface area contributed by atoms with E-state index in [0.29, 0.717) is 6.42 Å². The maximum absolute atomic E-state index is 10.6. The van der Waals surface area contributed by atoms with Gasteiger partial charge in [0.1, 0.15) is 0 Å². The van der Waals surface area contributed by atoms with Crippen molar-refractivity contribution in [3.05, 3.63) is 0 Å². The van der Waals surface area contributed by atoms with E-state index in [4.69, 9.17) is 14.6 Å². The van der Waals surface area contributed by atoms with Gasteiger partial charge in [-0.25, -0.2) is 13.6 Å². The minimum absolute atomic E-state index is 0.0850.